The molecule has 104 valence electrons. The predicted molar refractivity (Wildman–Crippen MR) is 81.7 cm³/mol. The topological polar surface area (TPSA) is 76.4 Å². The number of hydrogen-bond acceptors (Lipinski definition) is 3. The Hall–Kier alpha value is -1.53. The summed E-state index contributed by atoms with van der Waals surface area (Å²) in [5, 5.41) is 5.86. The molecule has 1 amide bonds. The van der Waals surface area contributed by atoms with Gasteiger partial charge in [0.1, 0.15) is 5.60 Å². The summed E-state index contributed by atoms with van der Waals surface area (Å²) in [6.45, 7) is 5.36. The Morgan fingerprint density at radius 1 is 1.37 bits per heavy atom. The van der Waals surface area contributed by atoms with Crippen molar-refractivity contribution in [2.45, 2.75) is 26.4 Å². The zero-order valence-electron chi connectivity index (χ0n) is 10.9. The minimum absolute atomic E-state index is 0.0938. The van der Waals surface area contributed by atoms with Crippen molar-refractivity contribution in [2.24, 2.45) is 5.73 Å². The van der Waals surface area contributed by atoms with E-state index in [9.17, 15) is 4.79 Å². The maximum absolute atomic E-state index is 11.6. The van der Waals surface area contributed by atoms with Crippen LogP contribution in [0.25, 0.3) is 0 Å². The first-order chi connectivity index (χ1) is 8.67. The van der Waals surface area contributed by atoms with Crippen molar-refractivity contribution in [1.82, 2.24) is 0 Å². The minimum atomic E-state index is -0.559. The smallest absolute Gasteiger partial charge is 0.412 e. The van der Waals surface area contributed by atoms with Crippen LogP contribution in [0.4, 0.5) is 16.2 Å². The molecule has 1 aromatic carbocycles. The number of amides is 1. The number of nitrogens with one attached hydrogen (secondary N) is 2. The van der Waals surface area contributed by atoms with Gasteiger partial charge in [-0.05, 0) is 51.2 Å². The molecule has 0 aromatic heterocycles. The number of ether oxygens (including phenoxy) is 1. The van der Waals surface area contributed by atoms with E-state index in [0.717, 1.165) is 0 Å². The minimum Gasteiger partial charge on any atom is -0.444 e. The molecule has 4 N–H and O–H groups in total. The SMILES string of the molecule is CC(C)(C)OC(=O)Nc1ccc(Cl)c(NC(N)=S)c1. The summed E-state index contributed by atoms with van der Waals surface area (Å²) in [6, 6.07) is 4.89. The van der Waals surface area contributed by atoms with Crippen LogP contribution in [-0.2, 0) is 4.74 Å². The molecule has 7 heteroatoms. The first kappa shape index (κ1) is 15.5. The third-order valence-corrected chi connectivity index (χ3v) is 2.30. The lowest BCUT2D eigenvalue weighted by Crippen LogP contribution is -2.27. The van der Waals surface area contributed by atoms with Gasteiger partial charge in [-0.2, -0.15) is 0 Å². The van der Waals surface area contributed by atoms with Crippen molar-refractivity contribution >= 4 is 46.4 Å². The highest BCUT2D eigenvalue weighted by Gasteiger charge is 2.16. The standard InChI is InChI=1S/C12H16ClN3O2S/c1-12(2,3)18-11(17)15-7-4-5-8(13)9(6-7)16-10(14)19/h4-6H,1-3H3,(H,15,17)(H3,14,16,19). The van der Waals surface area contributed by atoms with E-state index in [1.165, 1.54) is 0 Å². The molecule has 0 saturated heterocycles. The van der Waals surface area contributed by atoms with Gasteiger partial charge in [-0.25, -0.2) is 4.79 Å². The van der Waals surface area contributed by atoms with Gasteiger partial charge in [0.25, 0.3) is 0 Å². The predicted octanol–water partition coefficient (Wildman–Crippen LogP) is 3.34. The Labute approximate surface area is 122 Å². The highest BCUT2D eigenvalue weighted by atomic mass is 35.5. The molecule has 0 bridgehead atoms. The highest BCUT2D eigenvalue weighted by Crippen LogP contribution is 2.25. The molecule has 0 aliphatic rings. The van der Waals surface area contributed by atoms with Gasteiger partial charge in [-0.3, -0.25) is 5.32 Å². The normalized spacial score (nSPS) is 10.7. The molecule has 0 radical (unpaired) electrons. The number of hydrogen-bond donors (Lipinski definition) is 3. The Bertz CT molecular complexity index is 500. The van der Waals surface area contributed by atoms with Crippen LogP contribution in [0, 0.1) is 0 Å². The van der Waals surface area contributed by atoms with Crippen molar-refractivity contribution in [3.05, 3.63) is 23.2 Å². The fraction of sp³-hybridized carbons (Fsp3) is 0.333. The van der Waals surface area contributed by atoms with E-state index < -0.39 is 11.7 Å². The molecule has 0 heterocycles. The van der Waals surface area contributed by atoms with E-state index in [1.807, 2.05) is 0 Å². The number of thiocarbonyl (C=S) groups is 1. The van der Waals surface area contributed by atoms with Gasteiger partial charge < -0.3 is 15.8 Å². The summed E-state index contributed by atoms with van der Waals surface area (Å²) in [7, 11) is 0. The van der Waals surface area contributed by atoms with Crippen LogP contribution in [-0.4, -0.2) is 16.8 Å². The van der Waals surface area contributed by atoms with Crippen molar-refractivity contribution in [1.29, 1.82) is 0 Å². The number of rotatable bonds is 2. The van der Waals surface area contributed by atoms with Crippen LogP contribution < -0.4 is 16.4 Å². The summed E-state index contributed by atoms with van der Waals surface area (Å²) in [5.41, 5.74) is 5.86. The van der Waals surface area contributed by atoms with Crippen LogP contribution >= 0.6 is 23.8 Å². The van der Waals surface area contributed by atoms with Crippen LogP contribution in [0.15, 0.2) is 18.2 Å². The van der Waals surface area contributed by atoms with Gasteiger partial charge in [-0.15, -0.1) is 0 Å². The van der Waals surface area contributed by atoms with Crippen molar-refractivity contribution in [3.8, 4) is 0 Å². The molecule has 0 fully saturated rings. The lowest BCUT2D eigenvalue weighted by atomic mass is 10.2. The molecule has 19 heavy (non-hydrogen) atoms. The fourth-order valence-corrected chi connectivity index (χ4v) is 1.53. The van der Waals surface area contributed by atoms with Gasteiger partial charge in [0.15, 0.2) is 5.11 Å². The monoisotopic (exact) mass is 301 g/mol. The van der Waals surface area contributed by atoms with E-state index in [-0.39, 0.29) is 5.11 Å². The van der Waals surface area contributed by atoms with Crippen LogP contribution in [0.5, 0.6) is 0 Å². The Kier molecular flexibility index (Phi) is 4.97. The van der Waals surface area contributed by atoms with E-state index in [2.05, 4.69) is 10.6 Å². The van der Waals surface area contributed by atoms with E-state index >= 15 is 0 Å². The van der Waals surface area contributed by atoms with Crippen molar-refractivity contribution in [3.63, 3.8) is 0 Å². The number of halogens is 1. The molecule has 0 aliphatic carbocycles. The molecular formula is C12H16ClN3O2S. The van der Waals surface area contributed by atoms with Gasteiger partial charge in [0.2, 0.25) is 0 Å². The summed E-state index contributed by atoms with van der Waals surface area (Å²) >= 11 is 10.7. The molecule has 5 nitrogen and oxygen atoms in total. The summed E-state index contributed by atoms with van der Waals surface area (Å²) in [4.78, 5) is 11.6. The van der Waals surface area contributed by atoms with Crippen molar-refractivity contribution < 1.29 is 9.53 Å². The van der Waals surface area contributed by atoms with Gasteiger partial charge in [0, 0.05) is 5.69 Å². The zero-order chi connectivity index (χ0) is 14.6. The quantitative estimate of drug-likeness (QED) is 0.730. The number of nitrogens with two attached hydrogens (primary N) is 1. The molecule has 0 unspecified atom stereocenters. The number of anilines is 2. The Balaban J connectivity index is 2.79. The van der Waals surface area contributed by atoms with Crippen LogP contribution in [0.1, 0.15) is 20.8 Å². The lowest BCUT2D eigenvalue weighted by molar-refractivity contribution is 0.0636. The molecule has 0 saturated carbocycles. The highest BCUT2D eigenvalue weighted by molar-refractivity contribution is 7.80. The van der Waals surface area contributed by atoms with Crippen LogP contribution in [0.3, 0.4) is 0 Å². The first-order valence-corrected chi connectivity index (χ1v) is 6.32. The fourth-order valence-electron chi connectivity index (χ4n) is 1.25. The Morgan fingerprint density at radius 2 is 2.00 bits per heavy atom. The molecule has 1 rings (SSSR count). The van der Waals surface area contributed by atoms with E-state index in [0.29, 0.717) is 16.4 Å². The van der Waals surface area contributed by atoms with Gasteiger partial charge >= 0.3 is 6.09 Å². The molecule has 0 aliphatic heterocycles. The average molecular weight is 302 g/mol. The maximum Gasteiger partial charge on any atom is 0.412 e. The van der Waals surface area contributed by atoms with E-state index in [4.69, 9.17) is 34.3 Å². The third kappa shape index (κ3) is 5.76. The molecule has 0 atom stereocenters. The molecular weight excluding hydrogens is 286 g/mol. The lowest BCUT2D eigenvalue weighted by Gasteiger charge is -2.20. The first-order valence-electron chi connectivity index (χ1n) is 5.53. The second kappa shape index (κ2) is 6.08. The van der Waals surface area contributed by atoms with E-state index in [1.54, 1.807) is 39.0 Å². The molecule has 0 spiro atoms. The van der Waals surface area contributed by atoms with Crippen LogP contribution in [0.2, 0.25) is 5.02 Å². The summed E-state index contributed by atoms with van der Waals surface area (Å²) in [6.07, 6.45) is -0.545. The van der Waals surface area contributed by atoms with Crippen molar-refractivity contribution in [2.75, 3.05) is 10.6 Å². The zero-order valence-corrected chi connectivity index (χ0v) is 12.5. The number of carbonyl (C=O) groups excluding carboxylic acids is 1. The summed E-state index contributed by atoms with van der Waals surface area (Å²) in [5.74, 6) is 0. The van der Waals surface area contributed by atoms with Gasteiger partial charge in [-0.1, -0.05) is 11.6 Å². The number of benzene rings is 1. The summed E-state index contributed by atoms with van der Waals surface area (Å²) < 4.78 is 5.14. The maximum atomic E-state index is 11.6. The largest absolute Gasteiger partial charge is 0.444 e. The third-order valence-electron chi connectivity index (χ3n) is 1.87. The second-order valence-electron chi connectivity index (χ2n) is 4.81. The Morgan fingerprint density at radius 3 is 2.53 bits per heavy atom. The van der Waals surface area contributed by atoms with Gasteiger partial charge in [0.05, 0.1) is 10.7 Å². The average Bonchev–Trinajstić information content (AvgIpc) is 2.19. The number of carbonyl (C=O) groups is 1. The molecule has 1 aromatic rings. The second-order valence-corrected chi connectivity index (χ2v) is 5.66.